The van der Waals surface area contributed by atoms with E-state index in [2.05, 4.69) is 9.97 Å². The van der Waals surface area contributed by atoms with Gasteiger partial charge in [-0.3, -0.25) is 0 Å². The smallest absolute Gasteiger partial charge is 0.346 e. The lowest BCUT2D eigenvalue weighted by Gasteiger charge is -2.17. The van der Waals surface area contributed by atoms with E-state index in [1.165, 1.54) is 11.8 Å². The lowest BCUT2D eigenvalue weighted by atomic mass is 10.1. The van der Waals surface area contributed by atoms with Gasteiger partial charge in [-0.25, -0.2) is 4.79 Å². The first-order valence-corrected chi connectivity index (χ1v) is 5.27. The molecule has 1 aliphatic rings. The Labute approximate surface area is 79.7 Å². The minimum absolute atomic E-state index is 0.259. The van der Waals surface area contributed by atoms with E-state index in [9.17, 15) is 4.79 Å². The highest BCUT2D eigenvalue weighted by Crippen LogP contribution is 2.22. The first kappa shape index (κ1) is 8.77. The number of aromatic amines is 1. The molecule has 0 atom stereocenters. The van der Waals surface area contributed by atoms with E-state index in [1.807, 2.05) is 6.26 Å². The Bertz CT molecular complexity index is 355. The number of nitrogens with zero attached hydrogens (tertiary/aromatic N) is 1. The Balaban J connectivity index is 2.57. The molecule has 0 saturated carbocycles. The van der Waals surface area contributed by atoms with Crippen molar-refractivity contribution in [3.63, 3.8) is 0 Å². The highest BCUT2D eigenvalue weighted by atomic mass is 32.2. The molecule has 0 radical (unpaired) electrons. The average Bonchev–Trinajstić information content (AvgIpc) is 2.16. The van der Waals surface area contributed by atoms with Crippen LogP contribution >= 0.6 is 11.8 Å². The van der Waals surface area contributed by atoms with E-state index in [-0.39, 0.29) is 5.69 Å². The molecule has 0 fully saturated rings. The van der Waals surface area contributed by atoms with Crippen molar-refractivity contribution in [1.82, 2.24) is 9.97 Å². The molecule has 0 aliphatic carbocycles. The number of rotatable bonds is 1. The standard InChI is InChI=1S/C8H10N2O2S/c1-13-7-5-4-12-3-2-6(5)9-8(11)10-7/h2-4H2,1H3,(H,9,10,11). The van der Waals surface area contributed by atoms with Crippen LogP contribution in [0.3, 0.4) is 0 Å². The molecule has 0 amide bonds. The molecule has 2 heterocycles. The minimum atomic E-state index is -0.259. The van der Waals surface area contributed by atoms with Crippen LogP contribution in [0.1, 0.15) is 11.3 Å². The van der Waals surface area contributed by atoms with Crippen LogP contribution < -0.4 is 5.69 Å². The number of hydrogen-bond donors (Lipinski definition) is 1. The van der Waals surface area contributed by atoms with Gasteiger partial charge in [0.25, 0.3) is 0 Å². The summed E-state index contributed by atoms with van der Waals surface area (Å²) in [5, 5.41) is 0.790. The molecule has 4 nitrogen and oxygen atoms in total. The first-order valence-electron chi connectivity index (χ1n) is 4.05. The van der Waals surface area contributed by atoms with Crippen LogP contribution in [-0.2, 0) is 17.8 Å². The third-order valence-corrected chi connectivity index (χ3v) is 2.74. The van der Waals surface area contributed by atoms with Gasteiger partial charge in [0.15, 0.2) is 0 Å². The Morgan fingerprint density at radius 1 is 1.62 bits per heavy atom. The SMILES string of the molecule is CSc1nc(=O)[nH]c2c1COCC2. The number of ether oxygens (including phenoxy) is 1. The third-order valence-electron chi connectivity index (χ3n) is 2.02. The molecule has 0 bridgehead atoms. The van der Waals surface area contributed by atoms with E-state index in [0.29, 0.717) is 13.2 Å². The van der Waals surface area contributed by atoms with Crippen molar-refractivity contribution >= 4 is 11.8 Å². The largest absolute Gasteiger partial charge is 0.376 e. The number of thioether (sulfide) groups is 1. The second-order valence-corrected chi connectivity index (χ2v) is 3.61. The molecule has 0 saturated heterocycles. The van der Waals surface area contributed by atoms with Crippen LogP contribution in [0.25, 0.3) is 0 Å². The highest BCUT2D eigenvalue weighted by molar-refractivity contribution is 7.98. The molecule has 2 rings (SSSR count). The summed E-state index contributed by atoms with van der Waals surface area (Å²) < 4.78 is 5.30. The monoisotopic (exact) mass is 198 g/mol. The summed E-state index contributed by atoms with van der Waals surface area (Å²) in [6.45, 7) is 1.25. The van der Waals surface area contributed by atoms with Gasteiger partial charge in [0.2, 0.25) is 0 Å². The van der Waals surface area contributed by atoms with E-state index < -0.39 is 0 Å². The molecule has 0 aromatic carbocycles. The zero-order valence-corrected chi connectivity index (χ0v) is 8.11. The highest BCUT2D eigenvalue weighted by Gasteiger charge is 2.15. The van der Waals surface area contributed by atoms with Crippen LogP contribution in [0, 0.1) is 0 Å². The Kier molecular flexibility index (Phi) is 2.37. The van der Waals surface area contributed by atoms with Crippen molar-refractivity contribution in [1.29, 1.82) is 0 Å². The number of aromatic nitrogens is 2. The summed E-state index contributed by atoms with van der Waals surface area (Å²) in [6, 6.07) is 0. The molecule has 13 heavy (non-hydrogen) atoms. The fraction of sp³-hybridized carbons (Fsp3) is 0.500. The van der Waals surface area contributed by atoms with Crippen molar-refractivity contribution < 1.29 is 4.74 Å². The molecular weight excluding hydrogens is 188 g/mol. The average molecular weight is 198 g/mol. The molecule has 1 N–H and O–H groups in total. The topological polar surface area (TPSA) is 55.0 Å². The normalized spacial score (nSPS) is 15.5. The van der Waals surface area contributed by atoms with Crippen molar-refractivity contribution in [3.05, 3.63) is 21.7 Å². The maximum absolute atomic E-state index is 11.1. The molecule has 5 heteroatoms. The Hall–Kier alpha value is -0.810. The number of fused-ring (bicyclic) bond motifs is 1. The van der Waals surface area contributed by atoms with E-state index >= 15 is 0 Å². The van der Waals surface area contributed by atoms with Gasteiger partial charge in [-0.15, -0.1) is 11.8 Å². The summed E-state index contributed by atoms with van der Waals surface area (Å²) in [7, 11) is 0. The van der Waals surface area contributed by atoms with E-state index in [0.717, 1.165) is 22.7 Å². The summed E-state index contributed by atoms with van der Waals surface area (Å²) in [6.07, 6.45) is 2.69. The molecule has 1 aromatic rings. The van der Waals surface area contributed by atoms with Gasteiger partial charge in [0.05, 0.1) is 13.2 Å². The predicted octanol–water partition coefficient (Wildman–Crippen LogP) is 0.565. The maximum Gasteiger partial charge on any atom is 0.346 e. The van der Waals surface area contributed by atoms with Crippen LogP contribution in [0.4, 0.5) is 0 Å². The Morgan fingerprint density at radius 3 is 3.23 bits per heavy atom. The Morgan fingerprint density at radius 2 is 2.46 bits per heavy atom. The lowest BCUT2D eigenvalue weighted by molar-refractivity contribution is 0.106. The second kappa shape index (κ2) is 3.51. The molecule has 1 aliphatic heterocycles. The molecule has 0 spiro atoms. The van der Waals surface area contributed by atoms with Gasteiger partial charge >= 0.3 is 5.69 Å². The number of nitrogens with one attached hydrogen (secondary N) is 1. The van der Waals surface area contributed by atoms with Crippen LogP contribution in [0.5, 0.6) is 0 Å². The van der Waals surface area contributed by atoms with Crippen molar-refractivity contribution in [2.24, 2.45) is 0 Å². The number of hydrogen-bond acceptors (Lipinski definition) is 4. The fourth-order valence-electron chi connectivity index (χ4n) is 1.40. The van der Waals surface area contributed by atoms with Gasteiger partial charge in [-0.1, -0.05) is 0 Å². The zero-order valence-electron chi connectivity index (χ0n) is 7.29. The predicted molar refractivity (Wildman–Crippen MR) is 50.0 cm³/mol. The maximum atomic E-state index is 11.1. The van der Waals surface area contributed by atoms with E-state index in [1.54, 1.807) is 0 Å². The van der Waals surface area contributed by atoms with Crippen LogP contribution in [0.2, 0.25) is 0 Å². The van der Waals surface area contributed by atoms with Gasteiger partial charge < -0.3 is 9.72 Å². The molecule has 1 aromatic heterocycles. The van der Waals surface area contributed by atoms with E-state index in [4.69, 9.17) is 4.74 Å². The summed E-state index contributed by atoms with van der Waals surface area (Å²) in [5.41, 5.74) is 1.76. The van der Waals surface area contributed by atoms with Crippen molar-refractivity contribution in [2.75, 3.05) is 12.9 Å². The molecular formula is C8H10N2O2S. The third kappa shape index (κ3) is 1.62. The second-order valence-electron chi connectivity index (χ2n) is 2.81. The van der Waals surface area contributed by atoms with Gasteiger partial charge in [-0.05, 0) is 6.26 Å². The minimum Gasteiger partial charge on any atom is -0.376 e. The fourth-order valence-corrected chi connectivity index (χ4v) is 2.00. The quantitative estimate of drug-likeness (QED) is 0.529. The van der Waals surface area contributed by atoms with Gasteiger partial charge in [0.1, 0.15) is 5.03 Å². The molecule has 0 unspecified atom stereocenters. The van der Waals surface area contributed by atoms with Crippen LogP contribution in [0.15, 0.2) is 9.82 Å². The molecule has 70 valence electrons. The first-order chi connectivity index (χ1) is 6.31. The summed E-state index contributed by atoms with van der Waals surface area (Å²) >= 11 is 1.49. The van der Waals surface area contributed by atoms with Crippen molar-refractivity contribution in [2.45, 2.75) is 18.1 Å². The van der Waals surface area contributed by atoms with Crippen molar-refractivity contribution in [3.8, 4) is 0 Å². The van der Waals surface area contributed by atoms with Gasteiger partial charge in [-0.2, -0.15) is 4.98 Å². The van der Waals surface area contributed by atoms with Crippen LogP contribution in [-0.4, -0.2) is 22.8 Å². The lowest BCUT2D eigenvalue weighted by Crippen LogP contribution is -2.21. The zero-order chi connectivity index (χ0) is 9.26. The summed E-state index contributed by atoms with van der Waals surface area (Å²) in [5.74, 6) is 0. The van der Waals surface area contributed by atoms with Gasteiger partial charge in [0, 0.05) is 17.7 Å². The summed E-state index contributed by atoms with van der Waals surface area (Å²) in [4.78, 5) is 17.7. The number of H-pyrrole nitrogens is 1.